The number of hydrogen-bond acceptors (Lipinski definition) is 4. The molecule has 0 saturated carbocycles. The first kappa shape index (κ1) is 15.0. The average molecular weight is 256 g/mol. The Morgan fingerprint density at radius 1 is 1.22 bits per heavy atom. The summed E-state index contributed by atoms with van der Waals surface area (Å²) in [5.74, 6) is -0.341. The zero-order chi connectivity index (χ0) is 13.4. The predicted octanol–water partition coefficient (Wildman–Crippen LogP) is 0.930. The number of likely N-dealkylation sites (tertiary alicyclic amines) is 1. The predicted molar refractivity (Wildman–Crippen MR) is 69.1 cm³/mol. The maximum atomic E-state index is 11.6. The van der Waals surface area contributed by atoms with Gasteiger partial charge < -0.3 is 15.0 Å². The fourth-order valence-electron chi connectivity index (χ4n) is 2.14. The van der Waals surface area contributed by atoms with Gasteiger partial charge in [0.25, 0.3) is 0 Å². The van der Waals surface area contributed by atoms with E-state index in [4.69, 9.17) is 4.74 Å². The smallest absolute Gasteiger partial charge is 0.306 e. The molecule has 0 aromatic heterocycles. The molecule has 0 radical (unpaired) electrons. The Morgan fingerprint density at radius 3 is 2.44 bits per heavy atom. The van der Waals surface area contributed by atoms with E-state index in [1.807, 2.05) is 0 Å². The van der Waals surface area contributed by atoms with Crippen molar-refractivity contribution >= 4 is 11.9 Å². The van der Waals surface area contributed by atoms with Crippen LogP contribution in [0.4, 0.5) is 0 Å². The van der Waals surface area contributed by atoms with E-state index < -0.39 is 0 Å². The summed E-state index contributed by atoms with van der Waals surface area (Å²) < 4.78 is 4.79. The van der Waals surface area contributed by atoms with Crippen LogP contribution in [-0.4, -0.2) is 49.1 Å². The molecule has 1 rings (SSSR count). The molecule has 1 N–H and O–H groups in total. The molecule has 5 nitrogen and oxygen atoms in total. The lowest BCUT2D eigenvalue weighted by Gasteiger charge is -2.31. The summed E-state index contributed by atoms with van der Waals surface area (Å²) in [7, 11) is 0. The third-order valence-electron chi connectivity index (χ3n) is 3.26. The van der Waals surface area contributed by atoms with Gasteiger partial charge in [0.15, 0.2) is 0 Å². The van der Waals surface area contributed by atoms with Crippen molar-refractivity contribution in [1.29, 1.82) is 0 Å². The van der Waals surface area contributed by atoms with Gasteiger partial charge in [0.1, 0.15) is 0 Å². The molecule has 0 spiro atoms. The Bertz CT molecular complexity index is 273. The molecule has 1 fully saturated rings. The maximum absolute atomic E-state index is 11.6. The van der Waals surface area contributed by atoms with E-state index in [9.17, 15) is 9.59 Å². The lowest BCUT2D eigenvalue weighted by Crippen LogP contribution is -2.44. The Hall–Kier alpha value is -1.10. The molecule has 1 aliphatic heterocycles. The summed E-state index contributed by atoms with van der Waals surface area (Å²) >= 11 is 0. The molecule has 1 heterocycles. The van der Waals surface area contributed by atoms with Crippen molar-refractivity contribution < 1.29 is 14.3 Å². The molecule has 1 amide bonds. The zero-order valence-corrected chi connectivity index (χ0v) is 11.4. The van der Waals surface area contributed by atoms with Crippen molar-refractivity contribution in [2.75, 3.05) is 26.2 Å². The summed E-state index contributed by atoms with van der Waals surface area (Å²) in [5, 5.41) is 2.99. The van der Waals surface area contributed by atoms with Crippen LogP contribution < -0.4 is 5.32 Å². The van der Waals surface area contributed by atoms with Crippen molar-refractivity contribution in [1.82, 2.24) is 10.2 Å². The molecule has 18 heavy (non-hydrogen) atoms. The van der Waals surface area contributed by atoms with Gasteiger partial charge in [0.05, 0.1) is 13.0 Å². The van der Waals surface area contributed by atoms with Crippen LogP contribution in [0.25, 0.3) is 0 Å². The minimum Gasteiger partial charge on any atom is -0.466 e. The van der Waals surface area contributed by atoms with E-state index in [0.717, 1.165) is 32.5 Å². The second-order valence-corrected chi connectivity index (χ2v) is 4.58. The highest BCUT2D eigenvalue weighted by Crippen LogP contribution is 2.10. The van der Waals surface area contributed by atoms with Gasteiger partial charge in [0.2, 0.25) is 5.91 Å². The molecule has 5 heteroatoms. The van der Waals surface area contributed by atoms with Crippen LogP contribution in [0.1, 0.15) is 39.5 Å². The van der Waals surface area contributed by atoms with E-state index in [-0.39, 0.29) is 30.8 Å². The number of nitrogens with one attached hydrogen (secondary N) is 1. The molecule has 0 aliphatic carbocycles. The van der Waals surface area contributed by atoms with Crippen molar-refractivity contribution in [3.8, 4) is 0 Å². The lowest BCUT2D eigenvalue weighted by molar-refractivity contribution is -0.144. The molecule has 0 aromatic carbocycles. The van der Waals surface area contributed by atoms with Gasteiger partial charge in [-0.3, -0.25) is 9.59 Å². The average Bonchev–Trinajstić information content (AvgIpc) is 2.38. The molecule has 0 unspecified atom stereocenters. The molecule has 0 atom stereocenters. The topological polar surface area (TPSA) is 58.6 Å². The number of piperidine rings is 1. The van der Waals surface area contributed by atoms with Crippen molar-refractivity contribution in [2.24, 2.45) is 0 Å². The molecule has 0 bridgehead atoms. The molecule has 104 valence electrons. The van der Waals surface area contributed by atoms with Crippen LogP contribution in [0, 0.1) is 0 Å². The Kier molecular flexibility index (Phi) is 6.72. The SMILES string of the molecule is CCOC(=O)CCC(=O)NC1CCN(CC)CC1. The van der Waals surface area contributed by atoms with Gasteiger partial charge in [-0.15, -0.1) is 0 Å². The van der Waals surface area contributed by atoms with E-state index >= 15 is 0 Å². The largest absolute Gasteiger partial charge is 0.466 e. The van der Waals surface area contributed by atoms with E-state index in [1.165, 1.54) is 0 Å². The van der Waals surface area contributed by atoms with Gasteiger partial charge in [-0.1, -0.05) is 6.92 Å². The van der Waals surface area contributed by atoms with Gasteiger partial charge in [0, 0.05) is 25.6 Å². The number of hydrogen-bond donors (Lipinski definition) is 1. The second kappa shape index (κ2) is 8.08. The third kappa shape index (κ3) is 5.49. The van der Waals surface area contributed by atoms with Crippen LogP contribution >= 0.6 is 0 Å². The lowest BCUT2D eigenvalue weighted by atomic mass is 10.0. The number of carbonyl (C=O) groups is 2. The number of nitrogens with zero attached hydrogens (tertiary/aromatic N) is 1. The summed E-state index contributed by atoms with van der Waals surface area (Å²) in [6, 6.07) is 0.266. The fourth-order valence-corrected chi connectivity index (χ4v) is 2.14. The van der Waals surface area contributed by atoms with E-state index in [1.54, 1.807) is 6.92 Å². The maximum Gasteiger partial charge on any atom is 0.306 e. The van der Waals surface area contributed by atoms with Crippen molar-refractivity contribution in [2.45, 2.75) is 45.6 Å². The highest BCUT2D eigenvalue weighted by Gasteiger charge is 2.19. The Balaban J connectivity index is 2.15. The van der Waals surface area contributed by atoms with Gasteiger partial charge in [-0.25, -0.2) is 0 Å². The molecule has 0 aromatic rings. The van der Waals surface area contributed by atoms with Gasteiger partial charge in [-0.2, -0.15) is 0 Å². The highest BCUT2D eigenvalue weighted by atomic mass is 16.5. The summed E-state index contributed by atoms with van der Waals surface area (Å²) in [4.78, 5) is 25.1. The standard InChI is InChI=1S/C13H24N2O3/c1-3-15-9-7-11(8-10-15)14-12(16)5-6-13(17)18-4-2/h11H,3-10H2,1-2H3,(H,14,16). The molecular weight excluding hydrogens is 232 g/mol. The quantitative estimate of drug-likeness (QED) is 0.718. The normalized spacial score (nSPS) is 17.4. The monoisotopic (exact) mass is 256 g/mol. The second-order valence-electron chi connectivity index (χ2n) is 4.58. The molecule has 1 saturated heterocycles. The summed E-state index contributed by atoms with van der Waals surface area (Å²) in [5.41, 5.74) is 0. The number of esters is 1. The van der Waals surface area contributed by atoms with Crippen molar-refractivity contribution in [3.63, 3.8) is 0 Å². The summed E-state index contributed by atoms with van der Waals surface area (Å²) in [6.45, 7) is 7.44. The third-order valence-corrected chi connectivity index (χ3v) is 3.26. The number of ether oxygens (including phenoxy) is 1. The highest BCUT2D eigenvalue weighted by molar-refractivity contribution is 5.81. The van der Waals surface area contributed by atoms with E-state index in [2.05, 4.69) is 17.1 Å². The first-order chi connectivity index (χ1) is 8.65. The first-order valence-electron chi connectivity index (χ1n) is 6.83. The number of carbonyl (C=O) groups excluding carboxylic acids is 2. The number of rotatable bonds is 6. The minimum absolute atomic E-state index is 0.0435. The summed E-state index contributed by atoms with van der Waals surface area (Å²) in [6.07, 6.45) is 2.40. The Labute approximate surface area is 109 Å². The van der Waals surface area contributed by atoms with Crippen molar-refractivity contribution in [3.05, 3.63) is 0 Å². The minimum atomic E-state index is -0.298. The van der Waals surface area contributed by atoms with Gasteiger partial charge in [-0.05, 0) is 26.3 Å². The molecular formula is C13H24N2O3. The number of amides is 1. The van der Waals surface area contributed by atoms with Gasteiger partial charge >= 0.3 is 5.97 Å². The van der Waals surface area contributed by atoms with Crippen LogP contribution in [0.5, 0.6) is 0 Å². The zero-order valence-electron chi connectivity index (χ0n) is 11.4. The Morgan fingerprint density at radius 2 is 1.89 bits per heavy atom. The van der Waals surface area contributed by atoms with Crippen LogP contribution in [0.3, 0.4) is 0 Å². The van der Waals surface area contributed by atoms with Crippen LogP contribution in [-0.2, 0) is 14.3 Å². The van der Waals surface area contributed by atoms with E-state index in [0.29, 0.717) is 6.61 Å². The molecule has 1 aliphatic rings. The first-order valence-corrected chi connectivity index (χ1v) is 6.83. The van der Waals surface area contributed by atoms with Crippen LogP contribution in [0.2, 0.25) is 0 Å². The fraction of sp³-hybridized carbons (Fsp3) is 0.846. The van der Waals surface area contributed by atoms with Crippen LogP contribution in [0.15, 0.2) is 0 Å².